The van der Waals surface area contributed by atoms with E-state index >= 15 is 0 Å². The second kappa shape index (κ2) is 11.6. The molecule has 0 aliphatic carbocycles. The van der Waals surface area contributed by atoms with Crippen molar-refractivity contribution in [2.45, 2.75) is 36.6 Å². The van der Waals surface area contributed by atoms with Crippen molar-refractivity contribution in [1.82, 2.24) is 0 Å². The Balaban J connectivity index is 1.79. The van der Waals surface area contributed by atoms with E-state index in [1.54, 1.807) is 0 Å². The van der Waals surface area contributed by atoms with Crippen LogP contribution in [0.3, 0.4) is 0 Å². The van der Waals surface area contributed by atoms with Gasteiger partial charge in [-0.25, -0.2) is 0 Å². The molecule has 0 aromatic heterocycles. The van der Waals surface area contributed by atoms with Crippen molar-refractivity contribution in [1.29, 1.82) is 0 Å². The molecule has 0 radical (unpaired) electrons. The van der Waals surface area contributed by atoms with Crippen molar-refractivity contribution < 1.29 is 31.5 Å². The second-order valence-corrected chi connectivity index (χ2v) is 10.3. The lowest BCUT2D eigenvalue weighted by atomic mass is 9.80. The predicted molar refractivity (Wildman–Crippen MR) is 136 cm³/mol. The minimum Gasteiger partial charge on any atom is -0.378 e. The molecule has 4 atom stereocenters. The zero-order chi connectivity index (χ0) is 25.6. The zero-order valence-corrected chi connectivity index (χ0v) is 21.5. The molecule has 0 N–H and O–H groups in total. The summed E-state index contributed by atoms with van der Waals surface area (Å²) in [4.78, 5) is 0. The molecular weight excluding hydrogens is 480 g/mol. The highest BCUT2D eigenvalue weighted by Crippen LogP contribution is 2.41. The fourth-order valence-electron chi connectivity index (χ4n) is 4.71. The summed E-state index contributed by atoms with van der Waals surface area (Å²) in [5, 5.41) is 0. The van der Waals surface area contributed by atoms with E-state index < -0.39 is 40.3 Å². The first kappa shape index (κ1) is 26.5. The van der Waals surface area contributed by atoms with Crippen LogP contribution in [0.25, 0.3) is 0 Å². The molecule has 192 valence electrons. The Labute approximate surface area is 213 Å². The van der Waals surface area contributed by atoms with Crippen molar-refractivity contribution in [3.63, 3.8) is 0 Å². The number of hydrogen-bond donors (Lipinski definition) is 0. The standard InChI is InChI=1S/C28H32O7S/c1-31-24-19-26(32-2)34-25(27(24)35-36(3,29)30)20-33-28(21-13-7-4-8-14-21,22-15-9-5-10-16-22)23-17-11-6-12-18-23/h4-18,24-27H,19-20H2,1-3H3/t24-,25-,26+,27+/m1/s1. The molecule has 4 rings (SSSR count). The number of methoxy groups -OCH3 is 2. The van der Waals surface area contributed by atoms with E-state index in [-0.39, 0.29) is 6.61 Å². The number of hydrogen-bond acceptors (Lipinski definition) is 7. The third-order valence-electron chi connectivity index (χ3n) is 6.34. The van der Waals surface area contributed by atoms with Crippen LogP contribution in [-0.2, 0) is 38.8 Å². The molecule has 8 heteroatoms. The summed E-state index contributed by atoms with van der Waals surface area (Å²) in [5.41, 5.74) is 1.77. The summed E-state index contributed by atoms with van der Waals surface area (Å²) < 4.78 is 53.7. The molecule has 3 aromatic carbocycles. The Morgan fingerprint density at radius 1 is 0.806 bits per heavy atom. The van der Waals surface area contributed by atoms with Crippen molar-refractivity contribution in [3.05, 3.63) is 108 Å². The first-order valence-corrected chi connectivity index (χ1v) is 13.6. The van der Waals surface area contributed by atoms with Gasteiger partial charge in [-0.2, -0.15) is 8.42 Å². The van der Waals surface area contributed by atoms with Gasteiger partial charge in [0, 0.05) is 20.6 Å². The normalized spacial score (nSPS) is 22.9. The first-order valence-electron chi connectivity index (χ1n) is 11.8. The van der Waals surface area contributed by atoms with E-state index in [9.17, 15) is 8.42 Å². The molecule has 1 fully saturated rings. The van der Waals surface area contributed by atoms with Gasteiger partial charge in [-0.05, 0) is 16.7 Å². The lowest BCUT2D eigenvalue weighted by molar-refractivity contribution is -0.254. The van der Waals surface area contributed by atoms with Crippen LogP contribution in [0, 0.1) is 0 Å². The maximum atomic E-state index is 12.1. The quantitative estimate of drug-likeness (QED) is 0.299. The molecule has 1 aliphatic rings. The number of ether oxygens (including phenoxy) is 4. The minimum atomic E-state index is -3.79. The van der Waals surface area contributed by atoms with Crippen LogP contribution >= 0.6 is 0 Å². The predicted octanol–water partition coefficient (Wildman–Crippen LogP) is 4.12. The van der Waals surface area contributed by atoms with Crippen molar-refractivity contribution >= 4 is 10.1 Å². The van der Waals surface area contributed by atoms with E-state index in [1.165, 1.54) is 14.2 Å². The van der Waals surface area contributed by atoms with Gasteiger partial charge in [0.1, 0.15) is 17.8 Å². The van der Waals surface area contributed by atoms with Crippen LogP contribution in [-0.4, -0.2) is 60.1 Å². The van der Waals surface area contributed by atoms with Crippen LogP contribution in [0.2, 0.25) is 0 Å². The topological polar surface area (TPSA) is 80.3 Å². The Hall–Kier alpha value is -2.59. The maximum Gasteiger partial charge on any atom is 0.264 e. The molecular formula is C28H32O7S. The smallest absolute Gasteiger partial charge is 0.264 e. The lowest BCUT2D eigenvalue weighted by Gasteiger charge is -2.42. The summed E-state index contributed by atoms with van der Waals surface area (Å²) in [7, 11) is -0.738. The lowest BCUT2D eigenvalue weighted by Crippen LogP contribution is -2.54. The van der Waals surface area contributed by atoms with Gasteiger partial charge in [0.05, 0.1) is 19.0 Å². The number of benzene rings is 3. The van der Waals surface area contributed by atoms with Crippen LogP contribution < -0.4 is 0 Å². The van der Waals surface area contributed by atoms with Crippen LogP contribution in [0.15, 0.2) is 91.0 Å². The van der Waals surface area contributed by atoms with E-state index in [2.05, 4.69) is 0 Å². The van der Waals surface area contributed by atoms with Gasteiger partial charge in [-0.1, -0.05) is 91.0 Å². The summed E-state index contributed by atoms with van der Waals surface area (Å²) in [6, 6.07) is 29.8. The monoisotopic (exact) mass is 512 g/mol. The summed E-state index contributed by atoms with van der Waals surface area (Å²) in [6.45, 7) is 0.0125. The molecule has 0 bridgehead atoms. The van der Waals surface area contributed by atoms with Gasteiger partial charge in [0.2, 0.25) is 0 Å². The third-order valence-corrected chi connectivity index (χ3v) is 6.91. The van der Waals surface area contributed by atoms with E-state index in [4.69, 9.17) is 23.1 Å². The van der Waals surface area contributed by atoms with E-state index in [0.29, 0.717) is 6.42 Å². The summed E-state index contributed by atoms with van der Waals surface area (Å²) >= 11 is 0. The summed E-state index contributed by atoms with van der Waals surface area (Å²) in [6.07, 6.45) is -1.50. The first-order chi connectivity index (χ1) is 17.4. The fraction of sp³-hybridized carbons (Fsp3) is 0.357. The van der Waals surface area contributed by atoms with Crippen molar-refractivity contribution in [2.24, 2.45) is 0 Å². The highest BCUT2D eigenvalue weighted by atomic mass is 32.2. The molecule has 0 saturated carbocycles. The third kappa shape index (κ3) is 5.86. The van der Waals surface area contributed by atoms with Crippen LogP contribution in [0.1, 0.15) is 23.1 Å². The Morgan fingerprint density at radius 2 is 1.28 bits per heavy atom. The Kier molecular flexibility index (Phi) is 8.56. The summed E-state index contributed by atoms with van der Waals surface area (Å²) in [5.74, 6) is 0. The van der Waals surface area contributed by atoms with E-state index in [0.717, 1.165) is 22.9 Å². The van der Waals surface area contributed by atoms with Gasteiger partial charge >= 0.3 is 0 Å². The largest absolute Gasteiger partial charge is 0.378 e. The Bertz CT molecular complexity index is 1090. The number of rotatable bonds is 10. The van der Waals surface area contributed by atoms with Crippen LogP contribution in [0.4, 0.5) is 0 Å². The minimum absolute atomic E-state index is 0.0125. The highest BCUT2D eigenvalue weighted by Gasteiger charge is 2.45. The van der Waals surface area contributed by atoms with E-state index in [1.807, 2.05) is 91.0 Å². The van der Waals surface area contributed by atoms with Gasteiger partial charge < -0.3 is 18.9 Å². The van der Waals surface area contributed by atoms with Gasteiger partial charge in [0.25, 0.3) is 10.1 Å². The molecule has 0 unspecified atom stereocenters. The maximum absolute atomic E-state index is 12.1. The molecule has 36 heavy (non-hydrogen) atoms. The van der Waals surface area contributed by atoms with Crippen molar-refractivity contribution in [3.8, 4) is 0 Å². The van der Waals surface area contributed by atoms with Gasteiger partial charge in [-0.15, -0.1) is 0 Å². The molecule has 1 heterocycles. The molecule has 0 amide bonds. The molecule has 7 nitrogen and oxygen atoms in total. The van der Waals surface area contributed by atoms with Crippen LogP contribution in [0.5, 0.6) is 0 Å². The Morgan fingerprint density at radius 3 is 1.67 bits per heavy atom. The highest BCUT2D eigenvalue weighted by molar-refractivity contribution is 7.86. The fourth-order valence-corrected chi connectivity index (χ4v) is 5.36. The van der Waals surface area contributed by atoms with Gasteiger partial charge in [0.15, 0.2) is 6.29 Å². The zero-order valence-electron chi connectivity index (χ0n) is 20.6. The molecule has 1 saturated heterocycles. The molecule has 0 spiro atoms. The SMILES string of the molecule is CO[C@@H]1C[C@@H](OC)[C@H](OS(C)(=O)=O)[C@@H](COC(c2ccccc2)(c2ccccc2)c2ccccc2)O1. The van der Waals surface area contributed by atoms with Gasteiger partial charge in [-0.3, -0.25) is 4.18 Å². The average molecular weight is 513 g/mol. The second-order valence-electron chi connectivity index (χ2n) is 8.70. The van der Waals surface area contributed by atoms with Crippen molar-refractivity contribution in [2.75, 3.05) is 27.1 Å². The molecule has 1 aliphatic heterocycles. The average Bonchev–Trinajstić information content (AvgIpc) is 2.90. The molecule has 3 aromatic rings.